The molecule has 0 aromatic heterocycles. The molecule has 2 nitrogen and oxygen atoms in total. The molecule has 0 spiro atoms. The first kappa shape index (κ1) is 8.08. The Morgan fingerprint density at radius 2 is 1.91 bits per heavy atom. The average Bonchev–Trinajstić information content (AvgIpc) is 2.07. The van der Waals surface area contributed by atoms with Crippen LogP contribution in [0.3, 0.4) is 0 Å². The molecule has 0 saturated heterocycles. The molecule has 0 unspecified atom stereocenters. The van der Waals surface area contributed by atoms with Crippen molar-refractivity contribution in [2.45, 2.75) is 19.8 Å². The molecule has 0 amide bonds. The third-order valence-electron chi connectivity index (χ3n) is 1.58. The van der Waals surface area contributed by atoms with E-state index in [2.05, 4.69) is 11.8 Å². The predicted octanol–water partition coefficient (Wildman–Crippen LogP) is 2.99. The number of hydrogen-bond acceptors (Lipinski definition) is 1. The van der Waals surface area contributed by atoms with Crippen LogP contribution in [0.25, 0.3) is 5.90 Å². The van der Waals surface area contributed by atoms with Crippen LogP contribution in [0.15, 0.2) is 24.3 Å². The minimum absolute atomic E-state index is 0.602. The summed E-state index contributed by atoms with van der Waals surface area (Å²) in [5.41, 5.74) is 1.30. The van der Waals surface area contributed by atoms with E-state index in [1.165, 1.54) is 5.56 Å². The second kappa shape index (κ2) is 3.98. The lowest BCUT2D eigenvalue weighted by atomic mass is 10.1. The molecule has 1 aromatic carbocycles. The van der Waals surface area contributed by atoms with E-state index in [1.807, 2.05) is 24.3 Å². The zero-order valence-electron chi connectivity index (χ0n) is 6.63. The smallest absolute Gasteiger partial charge is 0.101 e. The van der Waals surface area contributed by atoms with Gasteiger partial charge in [-0.05, 0) is 24.1 Å². The van der Waals surface area contributed by atoms with E-state index in [0.29, 0.717) is 5.75 Å². The van der Waals surface area contributed by atoms with Crippen molar-refractivity contribution < 1.29 is 4.84 Å². The van der Waals surface area contributed by atoms with Crippen molar-refractivity contribution in [3.63, 3.8) is 0 Å². The Morgan fingerprint density at radius 3 is 2.36 bits per heavy atom. The number of aryl methyl sites for hydroxylation is 1. The van der Waals surface area contributed by atoms with E-state index < -0.39 is 0 Å². The van der Waals surface area contributed by atoms with E-state index in [1.54, 1.807) is 0 Å². The zero-order valence-corrected chi connectivity index (χ0v) is 6.63. The molecule has 1 rings (SSSR count). The van der Waals surface area contributed by atoms with Gasteiger partial charge < -0.3 is 10.7 Å². The summed E-state index contributed by atoms with van der Waals surface area (Å²) in [6.45, 7) is 2.15. The summed E-state index contributed by atoms with van der Waals surface area (Å²) >= 11 is 0. The molecule has 1 aromatic rings. The predicted molar refractivity (Wildman–Crippen MR) is 45.4 cm³/mol. The summed E-state index contributed by atoms with van der Waals surface area (Å²) in [6.07, 6.45) is 2.25. The minimum atomic E-state index is 0.602. The van der Waals surface area contributed by atoms with Gasteiger partial charge in [0.1, 0.15) is 5.75 Å². The molecule has 0 aliphatic rings. The number of benzene rings is 1. The third kappa shape index (κ3) is 2.24. The SMILES string of the molecule is CCCc1ccc(O[NH-])cc1. The van der Waals surface area contributed by atoms with Crippen LogP contribution in [0.1, 0.15) is 18.9 Å². The highest BCUT2D eigenvalue weighted by molar-refractivity contribution is 5.27. The lowest BCUT2D eigenvalue weighted by Gasteiger charge is -2.07. The Bertz CT molecular complexity index is 205. The fourth-order valence-corrected chi connectivity index (χ4v) is 1.01. The lowest BCUT2D eigenvalue weighted by molar-refractivity contribution is 0.484. The lowest BCUT2D eigenvalue weighted by Crippen LogP contribution is -1.82. The minimum Gasteiger partial charge on any atom is -0.590 e. The van der Waals surface area contributed by atoms with E-state index >= 15 is 0 Å². The van der Waals surface area contributed by atoms with Gasteiger partial charge in [0.25, 0.3) is 0 Å². The Hall–Kier alpha value is -1.02. The molecule has 0 fully saturated rings. The summed E-state index contributed by atoms with van der Waals surface area (Å²) in [5.74, 6) is 7.22. The van der Waals surface area contributed by atoms with Gasteiger partial charge in [-0.1, -0.05) is 25.5 Å². The van der Waals surface area contributed by atoms with Crippen LogP contribution >= 0.6 is 0 Å². The second-order valence-electron chi connectivity index (χ2n) is 2.50. The molecule has 1 N–H and O–H groups in total. The second-order valence-corrected chi connectivity index (χ2v) is 2.50. The molecule has 0 bridgehead atoms. The molecule has 2 heteroatoms. The van der Waals surface area contributed by atoms with Crippen molar-refractivity contribution in [3.05, 3.63) is 35.7 Å². The van der Waals surface area contributed by atoms with Gasteiger partial charge in [0.05, 0.1) is 0 Å². The topological polar surface area (TPSA) is 33.0 Å². The monoisotopic (exact) mass is 150 g/mol. The van der Waals surface area contributed by atoms with Gasteiger partial charge in [-0.15, -0.1) is 0 Å². The van der Waals surface area contributed by atoms with Crippen molar-refractivity contribution in [3.8, 4) is 5.75 Å². The Morgan fingerprint density at radius 1 is 1.27 bits per heavy atom. The van der Waals surface area contributed by atoms with Crippen LogP contribution in [-0.2, 0) is 6.42 Å². The first-order valence-electron chi connectivity index (χ1n) is 3.79. The maximum atomic E-state index is 6.62. The van der Waals surface area contributed by atoms with Crippen LogP contribution in [0, 0.1) is 0 Å². The molecule has 0 heterocycles. The maximum absolute atomic E-state index is 6.62. The van der Waals surface area contributed by atoms with Crippen molar-refractivity contribution in [1.29, 1.82) is 0 Å². The Labute approximate surface area is 66.9 Å². The van der Waals surface area contributed by atoms with Crippen LogP contribution in [-0.4, -0.2) is 0 Å². The van der Waals surface area contributed by atoms with E-state index in [4.69, 9.17) is 5.90 Å². The molecular weight excluding hydrogens is 138 g/mol. The molecule has 0 radical (unpaired) electrons. The van der Waals surface area contributed by atoms with Crippen LogP contribution < -0.4 is 4.84 Å². The van der Waals surface area contributed by atoms with Crippen molar-refractivity contribution in [2.75, 3.05) is 0 Å². The van der Waals surface area contributed by atoms with Gasteiger partial charge in [-0.2, -0.15) is 0 Å². The fraction of sp³-hybridized carbons (Fsp3) is 0.333. The average molecular weight is 150 g/mol. The first-order valence-corrected chi connectivity index (χ1v) is 3.79. The molecule has 0 aliphatic carbocycles. The normalized spacial score (nSPS) is 9.64. The molecule has 60 valence electrons. The molecular formula is C9H12NO-. The van der Waals surface area contributed by atoms with Crippen molar-refractivity contribution in [1.82, 2.24) is 0 Å². The van der Waals surface area contributed by atoms with Gasteiger partial charge >= 0.3 is 0 Å². The quantitative estimate of drug-likeness (QED) is 0.609. The molecule has 0 saturated carbocycles. The maximum Gasteiger partial charge on any atom is 0.101 e. The fourth-order valence-electron chi connectivity index (χ4n) is 1.01. The van der Waals surface area contributed by atoms with Gasteiger partial charge in [0, 0.05) is 0 Å². The zero-order chi connectivity index (χ0) is 8.10. The Balaban J connectivity index is 2.66. The Kier molecular flexibility index (Phi) is 2.93. The molecule has 0 atom stereocenters. The number of rotatable bonds is 3. The van der Waals surface area contributed by atoms with E-state index in [0.717, 1.165) is 12.8 Å². The molecule has 0 aliphatic heterocycles. The summed E-state index contributed by atoms with van der Waals surface area (Å²) in [6, 6.07) is 7.62. The van der Waals surface area contributed by atoms with Crippen molar-refractivity contribution >= 4 is 0 Å². The molecule has 11 heavy (non-hydrogen) atoms. The summed E-state index contributed by atoms with van der Waals surface area (Å²) in [7, 11) is 0. The standard InChI is InChI=1S/C9H12NO/c1-2-3-8-4-6-9(11-10)7-5-8/h4-7,10H,2-3H2,1H3/q-1. The summed E-state index contributed by atoms with van der Waals surface area (Å²) in [5, 5.41) is 0. The van der Waals surface area contributed by atoms with Gasteiger partial charge in [-0.3, -0.25) is 0 Å². The van der Waals surface area contributed by atoms with Crippen molar-refractivity contribution in [2.24, 2.45) is 0 Å². The highest BCUT2D eigenvalue weighted by Crippen LogP contribution is 2.12. The van der Waals surface area contributed by atoms with E-state index in [9.17, 15) is 0 Å². The third-order valence-corrected chi connectivity index (χ3v) is 1.58. The van der Waals surface area contributed by atoms with Gasteiger partial charge in [-0.25, -0.2) is 0 Å². The largest absolute Gasteiger partial charge is 0.590 e. The number of hydrogen-bond donors (Lipinski definition) is 0. The van der Waals surface area contributed by atoms with Crippen LogP contribution in [0.4, 0.5) is 0 Å². The highest BCUT2D eigenvalue weighted by atomic mass is 16.6. The van der Waals surface area contributed by atoms with E-state index in [-0.39, 0.29) is 0 Å². The number of nitrogens with one attached hydrogen (secondary N) is 1. The van der Waals surface area contributed by atoms with Crippen LogP contribution in [0.2, 0.25) is 0 Å². The van der Waals surface area contributed by atoms with Crippen LogP contribution in [0.5, 0.6) is 5.75 Å². The summed E-state index contributed by atoms with van der Waals surface area (Å²) < 4.78 is 0. The van der Waals surface area contributed by atoms with Gasteiger partial charge in [0.2, 0.25) is 0 Å². The first-order chi connectivity index (χ1) is 5.36. The van der Waals surface area contributed by atoms with Gasteiger partial charge in [0.15, 0.2) is 0 Å². The summed E-state index contributed by atoms with van der Waals surface area (Å²) in [4.78, 5) is 4.30. The highest BCUT2D eigenvalue weighted by Gasteiger charge is 1.90.